The van der Waals surface area contributed by atoms with Crippen molar-refractivity contribution in [3.63, 3.8) is 0 Å². The molecule has 0 atom stereocenters. The number of fused-ring (bicyclic) bond motifs is 1. The van der Waals surface area contributed by atoms with Crippen LogP contribution < -0.4 is 5.32 Å². The summed E-state index contributed by atoms with van der Waals surface area (Å²) >= 11 is 0. The van der Waals surface area contributed by atoms with Gasteiger partial charge >= 0.3 is 0 Å². The molecule has 29 heavy (non-hydrogen) atoms. The van der Waals surface area contributed by atoms with Crippen LogP contribution in [0.5, 0.6) is 0 Å². The predicted octanol–water partition coefficient (Wildman–Crippen LogP) is 3.74. The van der Waals surface area contributed by atoms with E-state index in [-0.39, 0.29) is 11.7 Å². The molecular formula is C23H31FN4O. The molecule has 1 amide bonds. The number of benzene rings is 1. The third kappa shape index (κ3) is 4.69. The SMILES string of the molecule is CC1CCN(CCCCNC(=O)c2nn(-c3ccc(F)cc3)c3c2CCC3)CC1. The summed E-state index contributed by atoms with van der Waals surface area (Å²) in [5.41, 5.74) is 3.47. The van der Waals surface area contributed by atoms with E-state index in [4.69, 9.17) is 0 Å². The molecule has 0 saturated carbocycles. The molecule has 2 aromatic rings. The van der Waals surface area contributed by atoms with Crippen LogP contribution in [0.3, 0.4) is 0 Å². The minimum atomic E-state index is -0.269. The lowest BCUT2D eigenvalue weighted by atomic mass is 9.99. The van der Waals surface area contributed by atoms with E-state index in [0.29, 0.717) is 12.2 Å². The van der Waals surface area contributed by atoms with Gasteiger partial charge in [0.2, 0.25) is 0 Å². The van der Waals surface area contributed by atoms with Gasteiger partial charge in [-0.15, -0.1) is 0 Å². The Balaban J connectivity index is 1.31. The molecule has 2 heterocycles. The second kappa shape index (κ2) is 9.08. The normalized spacial score (nSPS) is 17.4. The van der Waals surface area contributed by atoms with Gasteiger partial charge in [0.25, 0.3) is 5.91 Å². The van der Waals surface area contributed by atoms with Gasteiger partial charge in [0.05, 0.1) is 5.69 Å². The minimum Gasteiger partial charge on any atom is -0.351 e. The number of nitrogens with zero attached hydrogens (tertiary/aromatic N) is 3. The van der Waals surface area contributed by atoms with Crippen molar-refractivity contribution < 1.29 is 9.18 Å². The summed E-state index contributed by atoms with van der Waals surface area (Å²) in [7, 11) is 0. The summed E-state index contributed by atoms with van der Waals surface area (Å²) in [5.74, 6) is 0.507. The highest BCUT2D eigenvalue weighted by Crippen LogP contribution is 2.28. The Kier molecular flexibility index (Phi) is 6.28. The fraction of sp³-hybridized carbons (Fsp3) is 0.565. The lowest BCUT2D eigenvalue weighted by molar-refractivity contribution is 0.0946. The quantitative estimate of drug-likeness (QED) is 0.723. The summed E-state index contributed by atoms with van der Waals surface area (Å²) in [5, 5.41) is 7.64. The summed E-state index contributed by atoms with van der Waals surface area (Å²) in [4.78, 5) is 15.3. The van der Waals surface area contributed by atoms with Crippen LogP contribution in [0.15, 0.2) is 24.3 Å². The molecule has 5 nitrogen and oxygen atoms in total. The van der Waals surface area contributed by atoms with Crippen molar-refractivity contribution in [1.29, 1.82) is 0 Å². The molecule has 1 fully saturated rings. The number of rotatable bonds is 7. The number of hydrogen-bond donors (Lipinski definition) is 1. The van der Waals surface area contributed by atoms with Gasteiger partial charge < -0.3 is 10.2 Å². The van der Waals surface area contributed by atoms with Crippen molar-refractivity contribution in [2.45, 2.75) is 51.9 Å². The van der Waals surface area contributed by atoms with Crippen molar-refractivity contribution in [1.82, 2.24) is 20.0 Å². The molecule has 0 bridgehead atoms. The van der Waals surface area contributed by atoms with E-state index in [0.717, 1.165) is 61.5 Å². The van der Waals surface area contributed by atoms with E-state index in [1.54, 1.807) is 12.1 Å². The first-order valence-electron chi connectivity index (χ1n) is 11.0. The van der Waals surface area contributed by atoms with E-state index in [2.05, 4.69) is 22.2 Å². The maximum atomic E-state index is 13.3. The Labute approximate surface area is 172 Å². The Morgan fingerprint density at radius 1 is 1.17 bits per heavy atom. The molecular weight excluding hydrogens is 367 g/mol. The van der Waals surface area contributed by atoms with Crippen LogP contribution in [0.4, 0.5) is 4.39 Å². The van der Waals surface area contributed by atoms with Crippen LogP contribution in [0, 0.1) is 11.7 Å². The molecule has 1 aromatic heterocycles. The highest BCUT2D eigenvalue weighted by Gasteiger charge is 2.26. The smallest absolute Gasteiger partial charge is 0.272 e. The van der Waals surface area contributed by atoms with E-state index >= 15 is 0 Å². The summed E-state index contributed by atoms with van der Waals surface area (Å²) < 4.78 is 15.1. The molecule has 1 aromatic carbocycles. The summed E-state index contributed by atoms with van der Waals surface area (Å²) in [6.45, 7) is 6.56. The number of hydrogen-bond acceptors (Lipinski definition) is 3. The minimum absolute atomic E-state index is 0.0872. The average molecular weight is 399 g/mol. The molecule has 0 spiro atoms. The largest absolute Gasteiger partial charge is 0.351 e. The van der Waals surface area contributed by atoms with Crippen LogP contribution in [-0.4, -0.2) is 46.8 Å². The van der Waals surface area contributed by atoms with Crippen molar-refractivity contribution in [2.75, 3.05) is 26.2 Å². The highest BCUT2D eigenvalue weighted by atomic mass is 19.1. The van der Waals surface area contributed by atoms with Gasteiger partial charge in [-0.1, -0.05) is 6.92 Å². The van der Waals surface area contributed by atoms with Gasteiger partial charge in [0.15, 0.2) is 5.69 Å². The first kappa shape index (κ1) is 20.1. The highest BCUT2D eigenvalue weighted by molar-refractivity contribution is 5.94. The van der Waals surface area contributed by atoms with E-state index in [1.165, 1.54) is 38.1 Å². The Morgan fingerprint density at radius 2 is 1.93 bits per heavy atom. The number of carbonyl (C=O) groups excluding carboxylic acids is 1. The number of unbranched alkanes of at least 4 members (excludes halogenated alkanes) is 1. The molecule has 1 aliphatic heterocycles. The number of likely N-dealkylation sites (tertiary alicyclic amines) is 1. The second-order valence-electron chi connectivity index (χ2n) is 8.50. The van der Waals surface area contributed by atoms with E-state index in [9.17, 15) is 9.18 Å². The van der Waals surface area contributed by atoms with Crippen molar-refractivity contribution in [2.24, 2.45) is 5.92 Å². The van der Waals surface area contributed by atoms with Crippen molar-refractivity contribution in [3.05, 3.63) is 47.0 Å². The van der Waals surface area contributed by atoms with Gasteiger partial charge in [0, 0.05) is 17.8 Å². The monoisotopic (exact) mass is 398 g/mol. The van der Waals surface area contributed by atoms with Crippen LogP contribution in [0.1, 0.15) is 60.8 Å². The third-order valence-electron chi connectivity index (χ3n) is 6.28. The zero-order chi connectivity index (χ0) is 20.2. The van der Waals surface area contributed by atoms with Crippen LogP contribution in [0.2, 0.25) is 0 Å². The van der Waals surface area contributed by atoms with Gasteiger partial charge in [-0.25, -0.2) is 9.07 Å². The lowest BCUT2D eigenvalue weighted by Gasteiger charge is -2.30. The fourth-order valence-corrected chi connectivity index (χ4v) is 4.45. The first-order chi connectivity index (χ1) is 14.1. The zero-order valence-electron chi connectivity index (χ0n) is 17.3. The van der Waals surface area contributed by atoms with Crippen LogP contribution >= 0.6 is 0 Å². The molecule has 1 saturated heterocycles. The maximum absolute atomic E-state index is 13.3. The van der Waals surface area contributed by atoms with Crippen LogP contribution in [0.25, 0.3) is 5.69 Å². The molecule has 0 unspecified atom stereocenters. The number of amides is 1. The van der Waals surface area contributed by atoms with Crippen molar-refractivity contribution in [3.8, 4) is 5.69 Å². The molecule has 1 N–H and O–H groups in total. The number of aromatic nitrogens is 2. The number of piperidine rings is 1. The Morgan fingerprint density at radius 3 is 2.69 bits per heavy atom. The third-order valence-corrected chi connectivity index (χ3v) is 6.28. The van der Waals surface area contributed by atoms with Gasteiger partial charge in [-0.2, -0.15) is 5.10 Å². The maximum Gasteiger partial charge on any atom is 0.272 e. The van der Waals surface area contributed by atoms with Gasteiger partial charge in [0.1, 0.15) is 5.82 Å². The number of halogens is 1. The summed E-state index contributed by atoms with van der Waals surface area (Å²) in [6, 6.07) is 6.29. The Hall–Kier alpha value is -2.21. The molecule has 2 aliphatic rings. The summed E-state index contributed by atoms with van der Waals surface area (Å²) in [6.07, 6.45) is 7.52. The molecule has 0 radical (unpaired) electrons. The van der Waals surface area contributed by atoms with E-state index in [1.807, 2.05) is 4.68 Å². The zero-order valence-corrected chi connectivity index (χ0v) is 17.3. The molecule has 1 aliphatic carbocycles. The number of nitrogens with one attached hydrogen (secondary N) is 1. The molecule has 6 heteroatoms. The average Bonchev–Trinajstić information content (AvgIpc) is 3.32. The molecule has 4 rings (SSSR count). The lowest BCUT2D eigenvalue weighted by Crippen LogP contribution is -2.34. The number of carbonyl (C=O) groups is 1. The molecule has 156 valence electrons. The van der Waals surface area contributed by atoms with Crippen molar-refractivity contribution >= 4 is 5.91 Å². The predicted molar refractivity (Wildman–Crippen MR) is 112 cm³/mol. The van der Waals surface area contributed by atoms with Gasteiger partial charge in [-0.3, -0.25) is 4.79 Å². The van der Waals surface area contributed by atoms with Gasteiger partial charge in [-0.05, 0) is 94.8 Å². The second-order valence-corrected chi connectivity index (χ2v) is 8.50. The standard InChI is InChI=1S/C23H31FN4O/c1-17-11-15-27(16-12-17)14-3-2-13-25-23(29)22-20-5-4-6-21(20)28(26-22)19-9-7-18(24)8-10-19/h7-10,17H,2-6,11-16H2,1H3,(H,25,29). The topological polar surface area (TPSA) is 50.2 Å². The fourth-order valence-electron chi connectivity index (χ4n) is 4.45. The van der Waals surface area contributed by atoms with Crippen LogP contribution in [-0.2, 0) is 12.8 Å². The Bertz CT molecular complexity index is 837. The first-order valence-corrected chi connectivity index (χ1v) is 11.0. The van der Waals surface area contributed by atoms with E-state index < -0.39 is 0 Å².